The SMILES string of the molecule is O=S(=O)(NCC1CCCC1O)c1ncccc1F. The number of nitrogens with zero attached hydrogens (tertiary/aromatic N) is 1. The van der Waals surface area contributed by atoms with Gasteiger partial charge in [-0.15, -0.1) is 0 Å². The zero-order chi connectivity index (χ0) is 13.2. The Bertz CT molecular complexity index is 521. The fraction of sp³-hybridized carbons (Fsp3) is 0.545. The van der Waals surface area contributed by atoms with Crippen LogP contribution in [-0.2, 0) is 10.0 Å². The third-order valence-corrected chi connectivity index (χ3v) is 4.49. The highest BCUT2D eigenvalue weighted by molar-refractivity contribution is 7.89. The molecule has 100 valence electrons. The zero-order valence-electron chi connectivity index (χ0n) is 9.71. The fourth-order valence-corrected chi connectivity index (χ4v) is 3.20. The molecule has 2 unspecified atom stereocenters. The lowest BCUT2D eigenvalue weighted by molar-refractivity contribution is 0.134. The summed E-state index contributed by atoms with van der Waals surface area (Å²) in [5, 5.41) is 8.99. The van der Waals surface area contributed by atoms with Crippen LogP contribution in [0.1, 0.15) is 19.3 Å². The first kappa shape index (κ1) is 13.4. The molecule has 0 saturated heterocycles. The van der Waals surface area contributed by atoms with Gasteiger partial charge < -0.3 is 5.11 Å². The van der Waals surface area contributed by atoms with Crippen molar-refractivity contribution in [2.24, 2.45) is 5.92 Å². The number of nitrogens with one attached hydrogen (secondary N) is 1. The van der Waals surface area contributed by atoms with Crippen LogP contribution in [0.15, 0.2) is 23.4 Å². The molecule has 0 spiro atoms. The molecule has 1 aliphatic carbocycles. The van der Waals surface area contributed by atoms with E-state index in [4.69, 9.17) is 0 Å². The summed E-state index contributed by atoms with van der Waals surface area (Å²) in [6, 6.07) is 2.38. The number of hydrogen-bond acceptors (Lipinski definition) is 4. The maximum absolute atomic E-state index is 13.3. The summed E-state index contributed by atoms with van der Waals surface area (Å²) in [5.41, 5.74) is 0. The van der Waals surface area contributed by atoms with Gasteiger partial charge in [0, 0.05) is 12.7 Å². The van der Waals surface area contributed by atoms with E-state index in [0.717, 1.165) is 18.9 Å². The van der Waals surface area contributed by atoms with Crippen LogP contribution < -0.4 is 4.72 Å². The zero-order valence-corrected chi connectivity index (χ0v) is 10.5. The van der Waals surface area contributed by atoms with E-state index in [9.17, 15) is 17.9 Å². The van der Waals surface area contributed by atoms with Crippen molar-refractivity contribution in [2.45, 2.75) is 30.4 Å². The van der Waals surface area contributed by atoms with Crippen LogP contribution in [0.4, 0.5) is 4.39 Å². The van der Waals surface area contributed by atoms with Crippen molar-refractivity contribution < 1.29 is 17.9 Å². The number of sulfonamides is 1. The molecule has 18 heavy (non-hydrogen) atoms. The van der Waals surface area contributed by atoms with Gasteiger partial charge in [-0.2, -0.15) is 0 Å². The van der Waals surface area contributed by atoms with E-state index >= 15 is 0 Å². The van der Waals surface area contributed by atoms with Gasteiger partial charge in [0.25, 0.3) is 10.0 Å². The molecule has 1 aromatic rings. The van der Waals surface area contributed by atoms with Crippen LogP contribution in [0.25, 0.3) is 0 Å². The molecule has 0 aliphatic heterocycles. The number of aromatic nitrogens is 1. The van der Waals surface area contributed by atoms with Gasteiger partial charge in [-0.1, -0.05) is 6.42 Å². The summed E-state index contributed by atoms with van der Waals surface area (Å²) >= 11 is 0. The Morgan fingerprint density at radius 1 is 1.50 bits per heavy atom. The minimum Gasteiger partial charge on any atom is -0.393 e. The Morgan fingerprint density at radius 2 is 2.28 bits per heavy atom. The van der Waals surface area contributed by atoms with Gasteiger partial charge in [0.2, 0.25) is 5.03 Å². The summed E-state index contributed by atoms with van der Waals surface area (Å²) in [7, 11) is -3.95. The van der Waals surface area contributed by atoms with E-state index in [0.29, 0.717) is 6.42 Å². The standard InChI is InChI=1S/C11H15FN2O3S/c12-9-4-2-6-13-11(9)18(16,17)14-7-8-3-1-5-10(8)15/h2,4,6,8,10,14-15H,1,3,5,7H2. The van der Waals surface area contributed by atoms with E-state index < -0.39 is 27.0 Å². The number of aliphatic hydroxyl groups is 1. The number of hydrogen-bond donors (Lipinski definition) is 2. The van der Waals surface area contributed by atoms with Gasteiger partial charge in [-0.05, 0) is 30.9 Å². The van der Waals surface area contributed by atoms with Crippen molar-refractivity contribution in [3.8, 4) is 0 Å². The maximum Gasteiger partial charge on any atom is 0.261 e. The second kappa shape index (κ2) is 5.29. The highest BCUT2D eigenvalue weighted by atomic mass is 32.2. The lowest BCUT2D eigenvalue weighted by Gasteiger charge is -2.15. The second-order valence-corrected chi connectivity index (χ2v) is 6.08. The molecular formula is C11H15FN2O3S. The molecule has 0 radical (unpaired) electrons. The first-order valence-corrected chi connectivity index (χ1v) is 7.27. The Morgan fingerprint density at radius 3 is 2.89 bits per heavy atom. The first-order valence-electron chi connectivity index (χ1n) is 5.79. The van der Waals surface area contributed by atoms with Crippen LogP contribution >= 0.6 is 0 Å². The minimum atomic E-state index is -3.95. The molecule has 1 saturated carbocycles. The van der Waals surface area contributed by atoms with Crippen molar-refractivity contribution >= 4 is 10.0 Å². The van der Waals surface area contributed by atoms with E-state index in [2.05, 4.69) is 9.71 Å². The first-order chi connectivity index (χ1) is 8.50. The summed E-state index contributed by atoms with van der Waals surface area (Å²) in [4.78, 5) is 3.53. The number of pyridine rings is 1. The Labute approximate surface area is 105 Å². The van der Waals surface area contributed by atoms with Gasteiger partial charge in [-0.3, -0.25) is 0 Å². The summed E-state index contributed by atoms with van der Waals surface area (Å²) in [6.07, 6.45) is 3.08. The van der Waals surface area contributed by atoms with Crippen molar-refractivity contribution in [3.63, 3.8) is 0 Å². The number of rotatable bonds is 4. The molecule has 2 atom stereocenters. The highest BCUT2D eigenvalue weighted by Crippen LogP contribution is 2.25. The molecule has 1 aliphatic rings. The van der Waals surface area contributed by atoms with Gasteiger partial charge in [-0.25, -0.2) is 22.5 Å². The Hall–Kier alpha value is -1.05. The molecule has 5 nitrogen and oxygen atoms in total. The van der Waals surface area contributed by atoms with Crippen molar-refractivity contribution in [2.75, 3.05) is 6.54 Å². The number of aliphatic hydroxyl groups excluding tert-OH is 1. The average molecular weight is 274 g/mol. The third-order valence-electron chi connectivity index (χ3n) is 3.13. The summed E-state index contributed by atoms with van der Waals surface area (Å²) in [5.74, 6) is -0.983. The van der Waals surface area contributed by atoms with E-state index in [1.165, 1.54) is 12.3 Å². The largest absolute Gasteiger partial charge is 0.393 e. The van der Waals surface area contributed by atoms with Crippen LogP contribution in [0.5, 0.6) is 0 Å². The van der Waals surface area contributed by atoms with Crippen LogP contribution in [0.2, 0.25) is 0 Å². The molecule has 1 fully saturated rings. The van der Waals surface area contributed by atoms with Crippen molar-refractivity contribution in [1.29, 1.82) is 0 Å². The summed E-state index contributed by atoms with van der Waals surface area (Å²) in [6.45, 7) is 0.111. The van der Waals surface area contributed by atoms with E-state index in [1.807, 2.05) is 0 Å². The Kier molecular flexibility index (Phi) is 3.94. The van der Waals surface area contributed by atoms with Gasteiger partial charge in [0.15, 0.2) is 5.82 Å². The average Bonchev–Trinajstić information content (AvgIpc) is 2.73. The van der Waals surface area contributed by atoms with Gasteiger partial charge >= 0.3 is 0 Å². The molecule has 2 rings (SSSR count). The van der Waals surface area contributed by atoms with Crippen molar-refractivity contribution in [3.05, 3.63) is 24.1 Å². The van der Waals surface area contributed by atoms with Gasteiger partial charge in [0.1, 0.15) is 0 Å². The smallest absolute Gasteiger partial charge is 0.261 e. The van der Waals surface area contributed by atoms with E-state index in [-0.39, 0.29) is 12.5 Å². The van der Waals surface area contributed by atoms with Crippen LogP contribution in [0, 0.1) is 11.7 Å². The fourth-order valence-electron chi connectivity index (χ4n) is 2.11. The topological polar surface area (TPSA) is 79.3 Å². The summed E-state index contributed by atoms with van der Waals surface area (Å²) < 4.78 is 39.3. The predicted octanol–water partition coefficient (Wildman–Crippen LogP) is 0.660. The molecular weight excluding hydrogens is 259 g/mol. The molecule has 1 heterocycles. The molecule has 1 aromatic heterocycles. The third kappa shape index (κ3) is 2.85. The minimum absolute atomic E-state index is 0.105. The molecule has 0 aromatic carbocycles. The normalized spacial score (nSPS) is 24.3. The molecule has 0 amide bonds. The second-order valence-electron chi connectivity index (χ2n) is 4.40. The van der Waals surface area contributed by atoms with E-state index in [1.54, 1.807) is 0 Å². The number of halogens is 1. The molecule has 7 heteroatoms. The van der Waals surface area contributed by atoms with Gasteiger partial charge in [0.05, 0.1) is 6.10 Å². The lowest BCUT2D eigenvalue weighted by atomic mass is 10.1. The quantitative estimate of drug-likeness (QED) is 0.845. The van der Waals surface area contributed by atoms with Crippen molar-refractivity contribution in [1.82, 2.24) is 9.71 Å². The highest BCUT2D eigenvalue weighted by Gasteiger charge is 2.28. The molecule has 2 N–H and O–H groups in total. The maximum atomic E-state index is 13.3. The van der Waals surface area contributed by atoms with Crippen LogP contribution in [0.3, 0.4) is 0 Å². The predicted molar refractivity (Wildman–Crippen MR) is 62.7 cm³/mol. The monoisotopic (exact) mass is 274 g/mol. The molecule has 0 bridgehead atoms. The van der Waals surface area contributed by atoms with Crippen LogP contribution in [-0.4, -0.2) is 31.2 Å². The Balaban J connectivity index is 2.06. The lowest BCUT2D eigenvalue weighted by Crippen LogP contribution is -2.33.